The number of fused-ring (bicyclic) bond motifs is 1. The van der Waals surface area contributed by atoms with Crippen molar-refractivity contribution < 1.29 is 33.4 Å². The van der Waals surface area contributed by atoms with Crippen LogP contribution in [0.2, 0.25) is 0 Å². The number of carbonyl (C=O) groups is 1. The second kappa shape index (κ2) is 11.7. The summed E-state index contributed by atoms with van der Waals surface area (Å²) in [6.07, 6.45) is 1.98. The largest absolute Gasteiger partial charge is 0.497 e. The van der Waals surface area contributed by atoms with Gasteiger partial charge in [0.2, 0.25) is 0 Å². The van der Waals surface area contributed by atoms with Crippen molar-refractivity contribution in [1.29, 1.82) is 0 Å². The number of benzene rings is 2. The van der Waals surface area contributed by atoms with Gasteiger partial charge in [0.25, 0.3) is 5.56 Å². The minimum absolute atomic E-state index is 0.0520. The van der Waals surface area contributed by atoms with Crippen molar-refractivity contribution >= 4 is 51.5 Å². The van der Waals surface area contributed by atoms with Crippen LogP contribution >= 0.6 is 22.6 Å². The number of oxime groups is 1. The van der Waals surface area contributed by atoms with E-state index in [1.807, 2.05) is 57.7 Å². The number of rotatable bonds is 7. The lowest BCUT2D eigenvalue weighted by Crippen LogP contribution is -2.44. The van der Waals surface area contributed by atoms with Crippen LogP contribution in [0.25, 0.3) is 5.57 Å². The number of carbonyl (C=O) groups excluding carboxylic acids is 2. The Morgan fingerprint density at radius 3 is 2.64 bits per heavy atom. The molecule has 1 aromatic heterocycles. The molecule has 3 aromatic rings. The Morgan fingerprint density at radius 1 is 1.18 bits per heavy atom. The summed E-state index contributed by atoms with van der Waals surface area (Å²) in [6.45, 7) is 2.07. The number of allylic oxidation sites excluding steroid dienone is 3. The lowest BCUT2D eigenvalue weighted by molar-refractivity contribution is -0.172. The minimum atomic E-state index is -1.90. The molecule has 10 nitrogen and oxygen atoms in total. The normalized spacial score (nSPS) is 19.8. The summed E-state index contributed by atoms with van der Waals surface area (Å²) >= 11 is 2.03. The Balaban J connectivity index is 1.36. The Bertz CT molecular complexity index is 1860. The van der Waals surface area contributed by atoms with Gasteiger partial charge in [-0.25, -0.2) is 14.0 Å². The minimum Gasteiger partial charge on any atom is -0.497 e. The molecular weight excluding hydrogens is 684 g/mol. The highest BCUT2D eigenvalue weighted by Gasteiger charge is 2.44. The van der Waals surface area contributed by atoms with E-state index >= 15 is 0 Å². The summed E-state index contributed by atoms with van der Waals surface area (Å²) in [6, 6.07) is 11.6. The summed E-state index contributed by atoms with van der Waals surface area (Å²) in [7, 11) is 1.59. The van der Waals surface area contributed by atoms with Gasteiger partial charge in [0, 0.05) is 35.9 Å². The molecule has 1 N–H and O–H groups in total. The first-order chi connectivity index (χ1) is 21.2. The highest BCUT2D eigenvalue weighted by atomic mass is 127. The molecule has 3 aliphatic heterocycles. The highest BCUT2D eigenvalue weighted by molar-refractivity contribution is 14.1. The number of ether oxygens (including phenoxy) is 2. The van der Waals surface area contributed by atoms with E-state index in [2.05, 4.69) is 5.16 Å². The quantitative estimate of drug-likeness (QED) is 0.166. The van der Waals surface area contributed by atoms with E-state index in [-0.39, 0.29) is 42.9 Å². The molecule has 0 amide bonds. The number of esters is 1. The molecule has 44 heavy (non-hydrogen) atoms. The van der Waals surface area contributed by atoms with Crippen LogP contribution in [0.4, 0.5) is 10.1 Å². The third-order valence-corrected chi connectivity index (χ3v) is 9.35. The van der Waals surface area contributed by atoms with Gasteiger partial charge in [-0.1, -0.05) is 24.2 Å². The van der Waals surface area contributed by atoms with Gasteiger partial charge in [0.15, 0.2) is 5.60 Å². The molecule has 0 unspecified atom stereocenters. The number of anilines is 1. The smallest absolute Gasteiger partial charge is 0.343 e. The summed E-state index contributed by atoms with van der Waals surface area (Å²) in [5.41, 5.74) is 1.77. The van der Waals surface area contributed by atoms with Crippen LogP contribution in [0, 0.1) is 5.82 Å². The van der Waals surface area contributed by atoms with Crippen LogP contribution in [0.3, 0.4) is 0 Å². The fourth-order valence-corrected chi connectivity index (χ4v) is 6.67. The SMILES string of the molecule is CC[C@@]1(O)C(=O)OCc2c1ccn(CC1=C(I)C(=C=O)c3cc(F)cc4c3N1CC/C4=N\OCc1ccc(OC)cc1)c2=O. The Kier molecular flexibility index (Phi) is 7.91. The molecule has 3 aliphatic rings. The highest BCUT2D eigenvalue weighted by Crippen LogP contribution is 2.47. The van der Waals surface area contributed by atoms with E-state index in [4.69, 9.17) is 14.3 Å². The molecule has 226 valence electrons. The van der Waals surface area contributed by atoms with E-state index in [1.165, 1.54) is 22.9 Å². The Hall–Kier alpha value is -4.26. The zero-order chi connectivity index (χ0) is 31.2. The maximum absolute atomic E-state index is 14.9. The third-order valence-electron chi connectivity index (χ3n) is 8.19. The monoisotopic (exact) mass is 711 g/mol. The summed E-state index contributed by atoms with van der Waals surface area (Å²) in [4.78, 5) is 45.8. The molecule has 0 spiro atoms. The molecule has 0 saturated carbocycles. The first kappa shape index (κ1) is 29.8. The van der Waals surface area contributed by atoms with E-state index in [0.717, 1.165) is 11.3 Å². The zero-order valence-corrected chi connectivity index (χ0v) is 26.0. The number of halogens is 2. The fourth-order valence-electron chi connectivity index (χ4n) is 5.81. The van der Waals surface area contributed by atoms with Crippen molar-refractivity contribution in [2.45, 2.75) is 45.1 Å². The topological polar surface area (TPSA) is 120 Å². The molecule has 12 heteroatoms. The molecule has 6 rings (SSSR count). The van der Waals surface area contributed by atoms with E-state index in [0.29, 0.717) is 44.8 Å². The van der Waals surface area contributed by atoms with Crippen molar-refractivity contribution in [2.24, 2.45) is 5.16 Å². The Morgan fingerprint density at radius 2 is 1.93 bits per heavy atom. The second-order valence-electron chi connectivity index (χ2n) is 10.6. The maximum Gasteiger partial charge on any atom is 0.343 e. The summed E-state index contributed by atoms with van der Waals surface area (Å²) in [5, 5.41) is 15.3. The molecule has 4 heterocycles. The zero-order valence-electron chi connectivity index (χ0n) is 23.9. The first-order valence-corrected chi connectivity index (χ1v) is 15.0. The number of aliphatic hydroxyl groups is 1. The molecule has 0 bridgehead atoms. The molecular formula is C32H27FIN3O7. The number of hydrogen-bond donors (Lipinski definition) is 1. The molecule has 0 aliphatic carbocycles. The van der Waals surface area contributed by atoms with Crippen LogP contribution in [-0.2, 0) is 44.5 Å². The average Bonchev–Trinajstić information content (AvgIpc) is 3.03. The summed E-state index contributed by atoms with van der Waals surface area (Å²) in [5.74, 6) is 1.37. The Labute approximate surface area is 265 Å². The van der Waals surface area contributed by atoms with Crippen molar-refractivity contribution in [1.82, 2.24) is 4.57 Å². The van der Waals surface area contributed by atoms with E-state index < -0.39 is 22.9 Å². The standard InChI is InChI=1S/C32H27FIN3O7/c1-3-32(41)25-8-10-36(30(39)24(25)17-43-31(32)40)14-27-28(34)23(15-38)21-12-19(33)13-22-26(9-11-37(27)29(21)22)35-44-16-18-4-6-20(42-2)7-5-18/h4-8,10,12-13,41H,3,9,11,14,16-17H2,1-2H3/b35-26+/t32-/m0/s1. The van der Waals surface area contributed by atoms with Gasteiger partial charge in [0.1, 0.15) is 30.7 Å². The van der Waals surface area contributed by atoms with E-state index in [9.17, 15) is 23.9 Å². The predicted molar refractivity (Wildman–Crippen MR) is 168 cm³/mol. The van der Waals surface area contributed by atoms with Crippen molar-refractivity contribution in [2.75, 3.05) is 18.6 Å². The van der Waals surface area contributed by atoms with Crippen molar-refractivity contribution in [3.8, 4) is 5.75 Å². The van der Waals surface area contributed by atoms with Gasteiger partial charge in [-0.3, -0.25) is 4.79 Å². The average molecular weight is 711 g/mol. The van der Waals surface area contributed by atoms with Crippen molar-refractivity contribution in [3.05, 3.63) is 102 Å². The number of aromatic nitrogens is 1. The number of hydrogen-bond acceptors (Lipinski definition) is 9. The molecule has 0 radical (unpaired) electrons. The van der Waals surface area contributed by atoms with Crippen molar-refractivity contribution in [3.63, 3.8) is 0 Å². The van der Waals surface area contributed by atoms with Gasteiger partial charge in [-0.15, -0.1) is 0 Å². The lowest BCUT2D eigenvalue weighted by atomic mass is 9.86. The van der Waals surface area contributed by atoms with E-state index in [1.54, 1.807) is 20.1 Å². The molecule has 0 fully saturated rings. The number of pyridine rings is 1. The number of nitrogens with zero attached hydrogens (tertiary/aromatic N) is 3. The van der Waals surface area contributed by atoms with Crippen LogP contribution in [0.15, 0.2) is 67.9 Å². The van der Waals surface area contributed by atoms with Crippen LogP contribution in [0.5, 0.6) is 5.75 Å². The van der Waals surface area contributed by atoms with Gasteiger partial charge >= 0.3 is 5.97 Å². The maximum atomic E-state index is 14.9. The van der Waals surface area contributed by atoms with Gasteiger partial charge in [-0.05, 0) is 64.9 Å². The first-order valence-electron chi connectivity index (χ1n) is 13.9. The lowest BCUT2D eigenvalue weighted by Gasteiger charge is -2.39. The predicted octanol–water partition coefficient (Wildman–Crippen LogP) is 4.36. The summed E-state index contributed by atoms with van der Waals surface area (Å²) < 4.78 is 27.3. The van der Waals surface area contributed by atoms with Gasteiger partial charge < -0.3 is 28.9 Å². The molecule has 2 aromatic carbocycles. The van der Waals surface area contributed by atoms with Crippen LogP contribution in [0.1, 0.15) is 47.6 Å². The number of cyclic esters (lactones) is 1. The third kappa shape index (κ3) is 4.92. The van der Waals surface area contributed by atoms with Crippen LogP contribution < -0.4 is 15.2 Å². The van der Waals surface area contributed by atoms with Gasteiger partial charge in [-0.2, -0.15) is 0 Å². The van der Waals surface area contributed by atoms with Crippen LogP contribution in [-0.4, -0.2) is 41.0 Å². The molecule has 0 saturated heterocycles. The fraction of sp³-hybridized carbons (Fsp3) is 0.281. The second-order valence-corrected chi connectivity index (χ2v) is 11.7. The molecule has 1 atom stereocenters. The number of methoxy groups -OCH3 is 1. The van der Waals surface area contributed by atoms with Gasteiger partial charge in [0.05, 0.1) is 45.5 Å².